The maximum absolute atomic E-state index is 11.8. The topological polar surface area (TPSA) is 139 Å². The normalized spacial score (nSPS) is 10.7. The largest absolute Gasteiger partial charge is 0.493 e. The van der Waals surface area contributed by atoms with Crippen LogP contribution in [-0.2, 0) is 11.2 Å². The minimum absolute atomic E-state index is 0.0180. The summed E-state index contributed by atoms with van der Waals surface area (Å²) in [6.45, 7) is 2.30. The van der Waals surface area contributed by atoms with Gasteiger partial charge >= 0.3 is 5.69 Å². The molecule has 0 aliphatic rings. The first-order valence-electron chi connectivity index (χ1n) is 7.84. The van der Waals surface area contributed by atoms with Crippen LogP contribution in [0.5, 0.6) is 11.5 Å². The van der Waals surface area contributed by atoms with Gasteiger partial charge in [-0.15, -0.1) is 0 Å². The molecule has 0 bridgehead atoms. The molecule has 0 saturated heterocycles. The quantitative estimate of drug-likeness (QED) is 0.445. The van der Waals surface area contributed by atoms with Crippen molar-refractivity contribution >= 4 is 12.1 Å². The predicted molar refractivity (Wildman–Crippen MR) is 93.7 cm³/mol. The Bertz CT molecular complexity index is 902. The maximum atomic E-state index is 11.8. The van der Waals surface area contributed by atoms with Crippen LogP contribution >= 0.6 is 0 Å². The number of aromatic amines is 2. The number of ether oxygens (including phenoxy) is 2. The van der Waals surface area contributed by atoms with Crippen LogP contribution < -0.4 is 26.1 Å². The lowest BCUT2D eigenvalue weighted by molar-refractivity contribution is -0.121. The average molecular weight is 361 g/mol. The Labute approximate surface area is 148 Å². The second kappa shape index (κ2) is 9.16. The van der Waals surface area contributed by atoms with Gasteiger partial charge in [0.15, 0.2) is 11.5 Å². The number of carbonyl (C=O) groups is 1. The number of aryl methyl sites for hydroxylation is 1. The zero-order valence-corrected chi connectivity index (χ0v) is 14.4. The first-order chi connectivity index (χ1) is 12.5. The van der Waals surface area contributed by atoms with Gasteiger partial charge in [-0.3, -0.25) is 14.6 Å². The van der Waals surface area contributed by atoms with E-state index in [4.69, 9.17) is 9.47 Å². The van der Waals surface area contributed by atoms with E-state index in [9.17, 15) is 14.4 Å². The van der Waals surface area contributed by atoms with Crippen molar-refractivity contribution in [3.8, 4) is 11.5 Å². The van der Waals surface area contributed by atoms with Crippen LogP contribution in [0.3, 0.4) is 0 Å². The smallest absolute Gasteiger partial charge is 0.342 e. The molecule has 1 heterocycles. The first kappa shape index (κ1) is 18.9. The molecule has 3 N–H and O–H groups in total. The van der Waals surface area contributed by atoms with Gasteiger partial charge in [0, 0.05) is 18.4 Å². The zero-order valence-electron chi connectivity index (χ0n) is 14.4. The number of H-pyrrole nitrogens is 2. The minimum Gasteiger partial charge on any atom is -0.493 e. The second-order valence-corrected chi connectivity index (χ2v) is 5.06. The number of hydrazone groups is 1. The van der Waals surface area contributed by atoms with Gasteiger partial charge < -0.3 is 9.47 Å². The Morgan fingerprint density at radius 3 is 2.88 bits per heavy atom. The van der Waals surface area contributed by atoms with Crippen molar-refractivity contribution in [1.82, 2.24) is 20.6 Å². The molecule has 1 aromatic heterocycles. The summed E-state index contributed by atoms with van der Waals surface area (Å²) in [6.07, 6.45) is 1.49. The maximum Gasteiger partial charge on any atom is 0.342 e. The van der Waals surface area contributed by atoms with Crippen LogP contribution in [0.4, 0.5) is 0 Å². The Kier molecular flexibility index (Phi) is 6.66. The van der Waals surface area contributed by atoms with Crippen LogP contribution in [0.1, 0.15) is 24.6 Å². The summed E-state index contributed by atoms with van der Waals surface area (Å²) in [5.41, 5.74) is 1.75. The van der Waals surface area contributed by atoms with Gasteiger partial charge in [-0.1, -0.05) is 6.07 Å². The predicted octanol–water partition coefficient (Wildman–Crippen LogP) is -0.0516. The number of methoxy groups -OCH3 is 1. The van der Waals surface area contributed by atoms with E-state index in [1.807, 2.05) is 11.9 Å². The molecule has 10 heteroatoms. The molecular formula is C16H19N5O5. The van der Waals surface area contributed by atoms with Gasteiger partial charge in [0.2, 0.25) is 5.91 Å². The molecule has 0 spiro atoms. The summed E-state index contributed by atoms with van der Waals surface area (Å²) in [5, 5.41) is 9.59. The number of aromatic nitrogens is 3. The number of rotatable bonds is 8. The van der Waals surface area contributed by atoms with Crippen molar-refractivity contribution in [3.63, 3.8) is 0 Å². The molecule has 2 aromatic rings. The number of amides is 1. The van der Waals surface area contributed by atoms with Crippen LogP contribution in [0.25, 0.3) is 0 Å². The highest BCUT2D eigenvalue weighted by Crippen LogP contribution is 2.29. The van der Waals surface area contributed by atoms with E-state index in [1.165, 1.54) is 13.3 Å². The Morgan fingerprint density at radius 1 is 1.38 bits per heavy atom. The third-order valence-corrected chi connectivity index (χ3v) is 3.28. The summed E-state index contributed by atoms with van der Waals surface area (Å²) < 4.78 is 10.8. The first-order valence-corrected chi connectivity index (χ1v) is 7.84. The highest BCUT2D eigenvalue weighted by Gasteiger charge is 2.09. The lowest BCUT2D eigenvalue weighted by Crippen LogP contribution is -2.28. The van der Waals surface area contributed by atoms with E-state index in [-0.39, 0.29) is 18.5 Å². The number of carbonyl (C=O) groups excluding carboxylic acids is 1. The molecule has 0 unspecified atom stereocenters. The van der Waals surface area contributed by atoms with Crippen LogP contribution in [0.15, 0.2) is 32.9 Å². The van der Waals surface area contributed by atoms with Gasteiger partial charge in [-0.25, -0.2) is 15.3 Å². The van der Waals surface area contributed by atoms with E-state index in [0.29, 0.717) is 23.7 Å². The van der Waals surface area contributed by atoms with Crippen LogP contribution in [0.2, 0.25) is 0 Å². The Hall–Kier alpha value is -3.43. The van der Waals surface area contributed by atoms with Crippen molar-refractivity contribution in [3.05, 3.63) is 50.3 Å². The van der Waals surface area contributed by atoms with Gasteiger partial charge in [-0.05, 0) is 19.1 Å². The van der Waals surface area contributed by atoms with E-state index in [1.54, 1.807) is 18.2 Å². The lowest BCUT2D eigenvalue weighted by atomic mass is 10.2. The van der Waals surface area contributed by atoms with Crippen LogP contribution in [-0.4, -0.2) is 41.0 Å². The lowest BCUT2D eigenvalue weighted by Gasteiger charge is -2.11. The third kappa shape index (κ3) is 5.03. The molecular weight excluding hydrogens is 342 g/mol. The molecule has 2 rings (SSSR count). The SMILES string of the molecule is CCOc1c(/C=N/NC(=O)CCc2n[nH]c(=O)[nH]c2=O)cccc1OC. The summed E-state index contributed by atoms with van der Waals surface area (Å²) in [5.74, 6) is 0.680. The summed E-state index contributed by atoms with van der Waals surface area (Å²) >= 11 is 0. The zero-order chi connectivity index (χ0) is 18.9. The Balaban J connectivity index is 1.96. The average Bonchev–Trinajstić information content (AvgIpc) is 2.62. The molecule has 1 aromatic carbocycles. The number of nitrogens with zero attached hydrogens (tertiary/aromatic N) is 2. The monoisotopic (exact) mass is 361 g/mol. The molecule has 0 fully saturated rings. The van der Waals surface area contributed by atoms with Crippen molar-refractivity contribution in [2.45, 2.75) is 19.8 Å². The minimum atomic E-state index is -0.698. The van der Waals surface area contributed by atoms with Gasteiger partial charge in [0.1, 0.15) is 5.69 Å². The molecule has 0 saturated carbocycles. The van der Waals surface area contributed by atoms with Crippen molar-refractivity contribution in [1.29, 1.82) is 0 Å². The molecule has 1 amide bonds. The summed E-state index contributed by atoms with van der Waals surface area (Å²) in [7, 11) is 1.53. The summed E-state index contributed by atoms with van der Waals surface area (Å²) in [6, 6.07) is 5.31. The van der Waals surface area contributed by atoms with Gasteiger partial charge in [0.05, 0.1) is 19.9 Å². The van der Waals surface area contributed by atoms with E-state index in [2.05, 4.69) is 20.7 Å². The number of benzene rings is 1. The highest BCUT2D eigenvalue weighted by atomic mass is 16.5. The fourth-order valence-electron chi connectivity index (χ4n) is 2.10. The molecule has 0 aliphatic carbocycles. The molecule has 10 nitrogen and oxygen atoms in total. The molecule has 0 atom stereocenters. The second-order valence-electron chi connectivity index (χ2n) is 5.06. The van der Waals surface area contributed by atoms with E-state index in [0.717, 1.165) is 0 Å². The summed E-state index contributed by atoms with van der Waals surface area (Å²) in [4.78, 5) is 36.2. The molecule has 138 valence electrons. The fraction of sp³-hybridized carbons (Fsp3) is 0.312. The Morgan fingerprint density at radius 2 is 2.19 bits per heavy atom. The number of hydrogen-bond donors (Lipinski definition) is 3. The number of para-hydroxylation sites is 1. The van der Waals surface area contributed by atoms with E-state index < -0.39 is 17.2 Å². The highest BCUT2D eigenvalue weighted by molar-refractivity contribution is 5.86. The molecule has 0 radical (unpaired) electrons. The fourth-order valence-corrected chi connectivity index (χ4v) is 2.10. The number of nitrogens with one attached hydrogen (secondary N) is 3. The standard InChI is InChI=1S/C16H19N5O5/c1-3-26-14-10(5-4-6-12(14)25-2)9-17-20-13(22)8-7-11-15(23)18-16(24)21-19-11/h4-6,9H,3,7-8H2,1-2H3,(H,20,22)(H2,18,21,23,24)/b17-9+. The molecule has 0 aliphatic heterocycles. The van der Waals surface area contributed by atoms with Crippen LogP contribution in [0, 0.1) is 0 Å². The van der Waals surface area contributed by atoms with Gasteiger partial charge in [0.25, 0.3) is 5.56 Å². The third-order valence-electron chi connectivity index (χ3n) is 3.28. The van der Waals surface area contributed by atoms with Crippen molar-refractivity contribution in [2.24, 2.45) is 5.10 Å². The molecule has 26 heavy (non-hydrogen) atoms. The van der Waals surface area contributed by atoms with Crippen molar-refractivity contribution in [2.75, 3.05) is 13.7 Å². The van der Waals surface area contributed by atoms with E-state index >= 15 is 0 Å². The van der Waals surface area contributed by atoms with Gasteiger partial charge in [-0.2, -0.15) is 10.2 Å². The number of hydrogen-bond acceptors (Lipinski definition) is 7. The van der Waals surface area contributed by atoms with Crippen molar-refractivity contribution < 1.29 is 14.3 Å².